The van der Waals surface area contributed by atoms with Gasteiger partial charge in [-0.2, -0.15) is 21.9 Å². The number of rotatable bonds is 8. The third-order valence-corrected chi connectivity index (χ3v) is 5.23. The Bertz CT molecular complexity index is 1100. The maximum atomic E-state index is 11.2. The highest BCUT2D eigenvalue weighted by Gasteiger charge is 2.11. The van der Waals surface area contributed by atoms with Crippen LogP contribution in [0.3, 0.4) is 0 Å². The summed E-state index contributed by atoms with van der Waals surface area (Å²) < 4.78 is 66.8. The van der Waals surface area contributed by atoms with Crippen LogP contribution in [0.4, 0.5) is 17.1 Å². The van der Waals surface area contributed by atoms with Gasteiger partial charge in [0.2, 0.25) is 0 Å². The molecule has 0 bridgehead atoms. The summed E-state index contributed by atoms with van der Waals surface area (Å²) >= 11 is 6.06. The number of azo groups is 1. The van der Waals surface area contributed by atoms with Crippen molar-refractivity contribution in [3.63, 3.8) is 0 Å². The summed E-state index contributed by atoms with van der Waals surface area (Å²) in [5.41, 5.74) is 6.29. The summed E-state index contributed by atoms with van der Waals surface area (Å²) in [6.45, 7) is -0.0292. The summed E-state index contributed by atoms with van der Waals surface area (Å²) in [5, 5.41) is 7.93. The number of benzene rings is 2. The second kappa shape index (κ2) is 8.84. The number of halogens is 1. The third kappa shape index (κ3) is 6.73. The van der Waals surface area contributed by atoms with E-state index in [1.807, 2.05) is 0 Å². The van der Waals surface area contributed by atoms with Gasteiger partial charge in [-0.15, -0.1) is 5.11 Å². The maximum Gasteiger partial charge on any atom is 0.294 e. The molecule has 0 aromatic heterocycles. The highest BCUT2D eigenvalue weighted by molar-refractivity contribution is 7.86. The van der Waals surface area contributed by atoms with Crippen LogP contribution in [-0.4, -0.2) is 38.3 Å². The molecule has 0 aliphatic rings. The molecule has 152 valence electrons. The standard InChI is InChI=1S/C15H16ClN3O7S2/c16-12-8-13(17)15(26-5-2-6-27(20,21)22)9-14(12)19-18-10-3-1-4-11(7-10)28(23,24)25/h1,3-4,7-9H,2,5-6,17H2,(H,20,21,22)(H,23,24,25). The Morgan fingerprint density at radius 3 is 2.43 bits per heavy atom. The van der Waals surface area contributed by atoms with Crippen molar-refractivity contribution in [1.29, 1.82) is 0 Å². The van der Waals surface area contributed by atoms with Gasteiger partial charge in [-0.05, 0) is 30.7 Å². The average molecular weight is 450 g/mol. The Morgan fingerprint density at radius 1 is 1.07 bits per heavy atom. The van der Waals surface area contributed by atoms with Crippen LogP contribution in [-0.2, 0) is 20.2 Å². The van der Waals surface area contributed by atoms with Gasteiger partial charge in [0.1, 0.15) is 11.4 Å². The van der Waals surface area contributed by atoms with Crippen molar-refractivity contribution in [2.45, 2.75) is 11.3 Å². The Morgan fingerprint density at radius 2 is 1.79 bits per heavy atom. The molecule has 10 nitrogen and oxygen atoms in total. The van der Waals surface area contributed by atoms with Crippen molar-refractivity contribution in [3.05, 3.63) is 41.4 Å². The van der Waals surface area contributed by atoms with Gasteiger partial charge in [0.25, 0.3) is 20.2 Å². The molecule has 0 saturated heterocycles. The number of nitrogens with zero attached hydrogens (tertiary/aromatic N) is 2. The Labute approximate surface area is 166 Å². The zero-order chi connectivity index (χ0) is 20.9. The molecule has 0 aliphatic carbocycles. The second-order valence-corrected chi connectivity index (χ2v) is 8.90. The van der Waals surface area contributed by atoms with Crippen LogP contribution in [0.15, 0.2) is 51.5 Å². The van der Waals surface area contributed by atoms with Crippen molar-refractivity contribution in [2.75, 3.05) is 18.1 Å². The van der Waals surface area contributed by atoms with Gasteiger partial charge in [0.15, 0.2) is 0 Å². The van der Waals surface area contributed by atoms with Crippen molar-refractivity contribution in [3.8, 4) is 5.75 Å². The maximum absolute atomic E-state index is 11.2. The molecule has 13 heteroatoms. The SMILES string of the molecule is Nc1cc(Cl)c(N=Nc2cccc(S(=O)(=O)O)c2)cc1OCCCS(=O)(=O)O. The molecule has 28 heavy (non-hydrogen) atoms. The van der Waals surface area contributed by atoms with Gasteiger partial charge < -0.3 is 10.5 Å². The molecular formula is C15H16ClN3O7S2. The zero-order valence-electron chi connectivity index (χ0n) is 14.2. The predicted molar refractivity (Wildman–Crippen MR) is 103 cm³/mol. The molecule has 0 radical (unpaired) electrons. The van der Waals surface area contributed by atoms with Crippen molar-refractivity contribution < 1.29 is 30.7 Å². The van der Waals surface area contributed by atoms with Crippen molar-refractivity contribution in [1.82, 2.24) is 0 Å². The largest absolute Gasteiger partial charge is 0.491 e. The van der Waals surface area contributed by atoms with E-state index < -0.39 is 26.0 Å². The van der Waals surface area contributed by atoms with Gasteiger partial charge in [-0.1, -0.05) is 17.7 Å². The molecule has 0 atom stereocenters. The average Bonchev–Trinajstić information content (AvgIpc) is 2.58. The third-order valence-electron chi connectivity index (χ3n) is 3.27. The first kappa shape index (κ1) is 22.0. The monoisotopic (exact) mass is 449 g/mol. The Balaban J connectivity index is 2.18. The molecule has 0 saturated carbocycles. The van der Waals surface area contributed by atoms with Crippen LogP contribution in [0, 0.1) is 0 Å². The highest BCUT2D eigenvalue weighted by atomic mass is 35.5. The minimum atomic E-state index is -4.38. The number of hydrogen-bond donors (Lipinski definition) is 3. The first-order valence-electron chi connectivity index (χ1n) is 7.62. The van der Waals surface area contributed by atoms with E-state index in [4.69, 9.17) is 31.2 Å². The summed E-state index contributed by atoms with van der Waals surface area (Å²) in [6.07, 6.45) is 0.0418. The number of anilines is 1. The fourth-order valence-corrected chi connectivity index (χ4v) is 3.21. The molecule has 2 aromatic carbocycles. The van der Waals surface area contributed by atoms with Crippen LogP contribution >= 0.6 is 11.6 Å². The molecule has 0 aliphatic heterocycles. The van der Waals surface area contributed by atoms with E-state index in [-0.39, 0.29) is 45.8 Å². The van der Waals surface area contributed by atoms with E-state index in [2.05, 4.69) is 10.2 Å². The molecule has 0 unspecified atom stereocenters. The molecular weight excluding hydrogens is 434 g/mol. The second-order valence-electron chi connectivity index (χ2n) is 5.50. The lowest BCUT2D eigenvalue weighted by molar-refractivity contribution is 0.318. The summed E-state index contributed by atoms with van der Waals surface area (Å²) in [6, 6.07) is 7.91. The lowest BCUT2D eigenvalue weighted by Gasteiger charge is -2.10. The number of nitrogen functional groups attached to an aromatic ring is 1. The summed E-state index contributed by atoms with van der Waals surface area (Å²) in [4.78, 5) is -0.338. The molecule has 2 aromatic rings. The minimum absolute atomic E-state index is 0.0292. The number of ether oxygens (including phenoxy) is 1. The van der Waals surface area contributed by atoms with E-state index in [0.29, 0.717) is 0 Å². The normalized spacial score (nSPS) is 12.4. The fraction of sp³-hybridized carbons (Fsp3) is 0.200. The Hall–Kier alpha value is -2.25. The zero-order valence-corrected chi connectivity index (χ0v) is 16.6. The first-order valence-corrected chi connectivity index (χ1v) is 11.0. The highest BCUT2D eigenvalue weighted by Crippen LogP contribution is 2.35. The van der Waals surface area contributed by atoms with Crippen LogP contribution in [0.1, 0.15) is 6.42 Å². The van der Waals surface area contributed by atoms with Crippen LogP contribution in [0.25, 0.3) is 0 Å². The molecule has 0 heterocycles. The van der Waals surface area contributed by atoms with Gasteiger partial charge in [0.05, 0.1) is 33.7 Å². The van der Waals surface area contributed by atoms with Gasteiger partial charge >= 0.3 is 0 Å². The number of nitrogens with two attached hydrogens (primary N) is 1. The van der Waals surface area contributed by atoms with Gasteiger partial charge in [-0.3, -0.25) is 9.11 Å². The predicted octanol–water partition coefficient (Wildman–Crippen LogP) is 3.24. The first-order chi connectivity index (χ1) is 13.0. The molecule has 0 fully saturated rings. The van der Waals surface area contributed by atoms with Crippen LogP contribution < -0.4 is 10.5 Å². The summed E-state index contributed by atoms with van der Waals surface area (Å²) in [5.74, 6) is -0.280. The van der Waals surface area contributed by atoms with Crippen LogP contribution in [0.2, 0.25) is 5.02 Å². The number of hydrogen-bond acceptors (Lipinski definition) is 8. The fourth-order valence-electron chi connectivity index (χ4n) is 2.00. The van der Waals surface area contributed by atoms with Crippen LogP contribution in [0.5, 0.6) is 5.75 Å². The molecule has 0 spiro atoms. The summed E-state index contributed by atoms with van der Waals surface area (Å²) in [7, 11) is -8.46. The lowest BCUT2D eigenvalue weighted by atomic mass is 10.2. The van der Waals surface area contributed by atoms with E-state index in [0.717, 1.165) is 6.07 Å². The van der Waals surface area contributed by atoms with E-state index in [1.54, 1.807) is 0 Å². The molecule has 4 N–H and O–H groups in total. The minimum Gasteiger partial charge on any atom is -0.491 e. The van der Waals surface area contributed by atoms with E-state index in [9.17, 15) is 16.8 Å². The Kier molecular flexibility index (Phi) is 6.96. The van der Waals surface area contributed by atoms with Gasteiger partial charge in [0, 0.05) is 6.07 Å². The van der Waals surface area contributed by atoms with Gasteiger partial charge in [-0.25, -0.2) is 0 Å². The van der Waals surface area contributed by atoms with Crippen molar-refractivity contribution >= 4 is 48.9 Å². The smallest absolute Gasteiger partial charge is 0.294 e. The topological polar surface area (TPSA) is 169 Å². The quantitative estimate of drug-likeness (QED) is 0.238. The lowest BCUT2D eigenvalue weighted by Crippen LogP contribution is -2.09. The van der Waals surface area contributed by atoms with E-state index in [1.165, 1.54) is 30.3 Å². The van der Waals surface area contributed by atoms with Crippen molar-refractivity contribution in [2.24, 2.45) is 10.2 Å². The molecule has 2 rings (SSSR count). The van der Waals surface area contributed by atoms with E-state index >= 15 is 0 Å². The molecule has 0 amide bonds.